The summed E-state index contributed by atoms with van der Waals surface area (Å²) in [5, 5.41) is 9.58. The van der Waals surface area contributed by atoms with E-state index >= 15 is 0 Å². The lowest BCUT2D eigenvalue weighted by molar-refractivity contribution is 0.0596. The van der Waals surface area contributed by atoms with Crippen LogP contribution in [0.15, 0.2) is 0 Å². The molecule has 0 unspecified atom stereocenters. The van der Waals surface area contributed by atoms with Gasteiger partial charge in [-0.05, 0) is 13.8 Å². The summed E-state index contributed by atoms with van der Waals surface area (Å²) < 4.78 is 6.31. The van der Waals surface area contributed by atoms with Crippen LogP contribution in [0, 0.1) is 13.8 Å². The van der Waals surface area contributed by atoms with E-state index in [0.717, 1.165) is 0 Å². The minimum atomic E-state index is -0.501. The first-order valence-electron chi connectivity index (χ1n) is 3.93. The van der Waals surface area contributed by atoms with Crippen LogP contribution in [0.3, 0.4) is 0 Å². The zero-order valence-electron chi connectivity index (χ0n) is 8.21. The van der Waals surface area contributed by atoms with E-state index in [9.17, 15) is 9.90 Å². The molecular weight excluding hydrogens is 170 g/mol. The van der Waals surface area contributed by atoms with Gasteiger partial charge in [0.25, 0.3) is 0 Å². The third kappa shape index (κ3) is 1.28. The molecule has 0 aliphatic rings. The number of aromatic nitrogens is 1. The first-order valence-corrected chi connectivity index (χ1v) is 3.93. The number of nitrogens with zero attached hydrogens (tertiary/aromatic N) is 1. The van der Waals surface area contributed by atoms with Crippen LogP contribution in [0.4, 0.5) is 0 Å². The van der Waals surface area contributed by atoms with E-state index in [1.54, 1.807) is 25.5 Å². The lowest BCUT2D eigenvalue weighted by Crippen LogP contribution is -2.03. The Hall–Kier alpha value is -1.45. The van der Waals surface area contributed by atoms with Gasteiger partial charge in [-0.1, -0.05) is 0 Å². The van der Waals surface area contributed by atoms with Crippen LogP contribution in [-0.2, 0) is 11.8 Å². The van der Waals surface area contributed by atoms with Gasteiger partial charge in [0.05, 0.1) is 12.8 Å². The largest absolute Gasteiger partial charge is 0.505 e. The third-order valence-electron chi connectivity index (χ3n) is 2.34. The molecule has 0 spiro atoms. The summed E-state index contributed by atoms with van der Waals surface area (Å²) in [5.74, 6) is -0.495. The van der Waals surface area contributed by atoms with Gasteiger partial charge in [-0.15, -0.1) is 0 Å². The Labute approximate surface area is 76.7 Å². The van der Waals surface area contributed by atoms with Crippen molar-refractivity contribution in [2.24, 2.45) is 7.05 Å². The molecule has 0 fully saturated rings. The van der Waals surface area contributed by atoms with E-state index in [2.05, 4.69) is 4.74 Å². The Balaban J connectivity index is 3.37. The fraction of sp³-hybridized carbons (Fsp3) is 0.444. The molecule has 0 amide bonds. The minimum absolute atomic E-state index is 0.00634. The summed E-state index contributed by atoms with van der Waals surface area (Å²) in [6.07, 6.45) is 0. The molecule has 1 N–H and O–H groups in total. The van der Waals surface area contributed by atoms with Gasteiger partial charge >= 0.3 is 5.97 Å². The zero-order chi connectivity index (χ0) is 10.2. The Bertz CT molecular complexity index is 327. The Morgan fingerprint density at radius 3 is 2.23 bits per heavy atom. The number of methoxy groups -OCH3 is 1. The molecule has 4 nitrogen and oxygen atoms in total. The van der Waals surface area contributed by atoms with Gasteiger partial charge in [0.1, 0.15) is 5.56 Å². The van der Waals surface area contributed by atoms with E-state index in [-0.39, 0.29) is 11.3 Å². The number of carbonyl (C=O) groups is 1. The highest BCUT2D eigenvalue weighted by Crippen LogP contribution is 2.27. The van der Waals surface area contributed by atoms with Crippen LogP contribution >= 0.6 is 0 Å². The third-order valence-corrected chi connectivity index (χ3v) is 2.34. The number of esters is 1. The van der Waals surface area contributed by atoms with E-state index in [0.29, 0.717) is 11.4 Å². The highest BCUT2D eigenvalue weighted by Gasteiger charge is 2.21. The molecule has 1 aromatic heterocycles. The van der Waals surface area contributed by atoms with Crippen LogP contribution in [-0.4, -0.2) is 22.8 Å². The zero-order valence-corrected chi connectivity index (χ0v) is 8.21. The van der Waals surface area contributed by atoms with Gasteiger partial charge in [0, 0.05) is 12.7 Å². The van der Waals surface area contributed by atoms with Gasteiger partial charge in [-0.3, -0.25) is 0 Å². The molecule has 0 saturated carbocycles. The van der Waals surface area contributed by atoms with Crippen molar-refractivity contribution in [1.29, 1.82) is 0 Å². The van der Waals surface area contributed by atoms with Crippen molar-refractivity contribution in [3.8, 4) is 5.75 Å². The van der Waals surface area contributed by atoms with Crippen molar-refractivity contribution >= 4 is 5.97 Å². The SMILES string of the molecule is COC(=O)c1c(O)c(C)n(C)c1C. The summed E-state index contributed by atoms with van der Waals surface area (Å²) in [6, 6.07) is 0. The predicted octanol–water partition coefficient (Wildman–Crippen LogP) is 1.13. The van der Waals surface area contributed by atoms with Crippen LogP contribution in [0.5, 0.6) is 5.75 Å². The molecule has 0 atom stereocenters. The molecule has 1 rings (SSSR count). The molecule has 13 heavy (non-hydrogen) atoms. The van der Waals surface area contributed by atoms with Gasteiger partial charge in [-0.25, -0.2) is 4.79 Å². The maximum atomic E-state index is 11.2. The topological polar surface area (TPSA) is 51.5 Å². The molecule has 0 aliphatic heterocycles. The van der Waals surface area contributed by atoms with E-state index in [4.69, 9.17) is 0 Å². The first-order chi connectivity index (χ1) is 6.00. The standard InChI is InChI=1S/C9H13NO3/c1-5-7(9(12)13-4)8(11)6(2)10(5)3/h11H,1-4H3. The van der Waals surface area contributed by atoms with Crippen LogP contribution in [0.1, 0.15) is 21.7 Å². The van der Waals surface area contributed by atoms with Gasteiger partial charge in [-0.2, -0.15) is 0 Å². The van der Waals surface area contributed by atoms with Gasteiger partial charge in [0.15, 0.2) is 5.75 Å². The minimum Gasteiger partial charge on any atom is -0.505 e. The quantitative estimate of drug-likeness (QED) is 0.664. The Kier molecular flexibility index (Phi) is 2.32. The van der Waals surface area contributed by atoms with Crippen molar-refractivity contribution in [3.05, 3.63) is 17.0 Å². The first kappa shape index (κ1) is 9.64. The van der Waals surface area contributed by atoms with Crippen molar-refractivity contribution < 1.29 is 14.6 Å². The number of carbonyl (C=O) groups excluding carboxylic acids is 1. The van der Waals surface area contributed by atoms with Crippen LogP contribution in [0.2, 0.25) is 0 Å². The maximum Gasteiger partial charge on any atom is 0.343 e. The average Bonchev–Trinajstić information content (AvgIpc) is 2.30. The second kappa shape index (κ2) is 3.12. The van der Waals surface area contributed by atoms with Gasteiger partial charge < -0.3 is 14.4 Å². The van der Waals surface area contributed by atoms with E-state index in [1.165, 1.54) is 7.11 Å². The molecule has 1 heterocycles. The molecule has 0 radical (unpaired) electrons. The smallest absolute Gasteiger partial charge is 0.343 e. The fourth-order valence-corrected chi connectivity index (χ4v) is 1.28. The summed E-state index contributed by atoms with van der Waals surface area (Å²) in [6.45, 7) is 3.51. The van der Waals surface area contributed by atoms with Crippen molar-refractivity contribution in [3.63, 3.8) is 0 Å². The fourth-order valence-electron chi connectivity index (χ4n) is 1.28. The number of hydrogen-bond acceptors (Lipinski definition) is 3. The molecule has 0 aromatic carbocycles. The van der Waals surface area contributed by atoms with Crippen molar-refractivity contribution in [2.45, 2.75) is 13.8 Å². The lowest BCUT2D eigenvalue weighted by atomic mass is 10.2. The highest BCUT2D eigenvalue weighted by molar-refractivity contribution is 5.94. The van der Waals surface area contributed by atoms with Crippen molar-refractivity contribution in [2.75, 3.05) is 7.11 Å². The van der Waals surface area contributed by atoms with Crippen LogP contribution in [0.25, 0.3) is 0 Å². The number of hydrogen-bond donors (Lipinski definition) is 1. The Morgan fingerprint density at radius 1 is 1.38 bits per heavy atom. The molecule has 0 saturated heterocycles. The molecular formula is C9H13NO3. The molecule has 1 aromatic rings. The predicted molar refractivity (Wildman–Crippen MR) is 47.9 cm³/mol. The summed E-state index contributed by atoms with van der Waals surface area (Å²) in [7, 11) is 3.08. The normalized spacial score (nSPS) is 10.2. The maximum absolute atomic E-state index is 11.2. The lowest BCUT2D eigenvalue weighted by Gasteiger charge is -1.99. The number of rotatable bonds is 1. The van der Waals surface area contributed by atoms with Crippen molar-refractivity contribution in [1.82, 2.24) is 4.57 Å². The monoisotopic (exact) mass is 183 g/mol. The summed E-state index contributed by atoms with van der Waals surface area (Å²) in [5.41, 5.74) is 1.63. The second-order valence-corrected chi connectivity index (χ2v) is 2.95. The molecule has 4 heteroatoms. The average molecular weight is 183 g/mol. The van der Waals surface area contributed by atoms with Gasteiger partial charge in [0.2, 0.25) is 0 Å². The number of ether oxygens (including phenoxy) is 1. The van der Waals surface area contributed by atoms with E-state index < -0.39 is 5.97 Å². The van der Waals surface area contributed by atoms with Crippen LogP contribution < -0.4 is 0 Å². The molecule has 72 valence electrons. The molecule has 0 aliphatic carbocycles. The second-order valence-electron chi connectivity index (χ2n) is 2.95. The summed E-state index contributed by atoms with van der Waals surface area (Å²) >= 11 is 0. The summed E-state index contributed by atoms with van der Waals surface area (Å²) in [4.78, 5) is 11.2. The number of aromatic hydroxyl groups is 1. The van der Waals surface area contributed by atoms with E-state index in [1.807, 2.05) is 0 Å². The highest BCUT2D eigenvalue weighted by atomic mass is 16.5. The molecule has 0 bridgehead atoms. The Morgan fingerprint density at radius 2 is 1.92 bits per heavy atom.